The first-order valence-corrected chi connectivity index (χ1v) is 3.62. The first-order valence-electron chi connectivity index (χ1n) is 3.62. The standard InChI is InChI=1S/C7H11N3O2/c1-4-5(2-3-6(11)12)10-7(8)9-4/h2-3H2,1H3,(H,11,12)(H3,8,9,10). The predicted molar refractivity (Wildman–Crippen MR) is 43.7 cm³/mol. The van der Waals surface area contributed by atoms with Gasteiger partial charge < -0.3 is 15.8 Å². The highest BCUT2D eigenvalue weighted by Crippen LogP contribution is 2.07. The third-order valence-corrected chi connectivity index (χ3v) is 1.58. The third kappa shape index (κ3) is 1.98. The number of H-pyrrole nitrogens is 1. The SMILES string of the molecule is Cc1[nH]c(N)nc1CCC(=O)O. The molecule has 1 rings (SSSR count). The van der Waals surface area contributed by atoms with Gasteiger partial charge in [0.2, 0.25) is 0 Å². The Bertz CT molecular complexity index is 293. The number of aliphatic carboxylic acids is 1. The van der Waals surface area contributed by atoms with Gasteiger partial charge in [0.05, 0.1) is 12.1 Å². The van der Waals surface area contributed by atoms with Gasteiger partial charge in [-0.1, -0.05) is 0 Å². The van der Waals surface area contributed by atoms with E-state index in [9.17, 15) is 4.79 Å². The molecule has 1 aromatic heterocycles. The van der Waals surface area contributed by atoms with E-state index in [0.717, 1.165) is 11.4 Å². The van der Waals surface area contributed by atoms with E-state index in [1.807, 2.05) is 6.92 Å². The van der Waals surface area contributed by atoms with Gasteiger partial charge in [-0.25, -0.2) is 4.98 Å². The summed E-state index contributed by atoms with van der Waals surface area (Å²) < 4.78 is 0. The molecule has 1 heterocycles. The van der Waals surface area contributed by atoms with Gasteiger partial charge >= 0.3 is 5.97 Å². The van der Waals surface area contributed by atoms with Crippen molar-refractivity contribution in [1.82, 2.24) is 9.97 Å². The molecule has 5 nitrogen and oxygen atoms in total. The summed E-state index contributed by atoms with van der Waals surface area (Å²) in [7, 11) is 0. The van der Waals surface area contributed by atoms with Crippen LogP contribution in [0.2, 0.25) is 0 Å². The zero-order valence-electron chi connectivity index (χ0n) is 6.79. The highest BCUT2D eigenvalue weighted by molar-refractivity contribution is 5.67. The Balaban J connectivity index is 2.62. The van der Waals surface area contributed by atoms with Gasteiger partial charge in [0.15, 0.2) is 5.95 Å². The lowest BCUT2D eigenvalue weighted by Crippen LogP contribution is -1.98. The lowest BCUT2D eigenvalue weighted by molar-refractivity contribution is -0.136. The predicted octanol–water partition coefficient (Wildman–Crippen LogP) is 0.318. The molecule has 1 aromatic rings. The Hall–Kier alpha value is -1.52. The summed E-state index contributed by atoms with van der Waals surface area (Å²) >= 11 is 0. The lowest BCUT2D eigenvalue weighted by atomic mass is 10.2. The Morgan fingerprint density at radius 3 is 2.83 bits per heavy atom. The highest BCUT2D eigenvalue weighted by Gasteiger charge is 2.06. The van der Waals surface area contributed by atoms with Crippen LogP contribution in [0.15, 0.2) is 0 Å². The fourth-order valence-corrected chi connectivity index (χ4v) is 0.990. The minimum Gasteiger partial charge on any atom is -0.481 e. The third-order valence-electron chi connectivity index (χ3n) is 1.58. The molecule has 0 spiro atoms. The second kappa shape index (κ2) is 3.25. The van der Waals surface area contributed by atoms with Crippen LogP contribution in [0.5, 0.6) is 0 Å². The minimum absolute atomic E-state index is 0.0884. The zero-order valence-corrected chi connectivity index (χ0v) is 6.79. The molecule has 0 saturated heterocycles. The minimum atomic E-state index is -0.823. The van der Waals surface area contributed by atoms with E-state index in [2.05, 4.69) is 9.97 Å². The summed E-state index contributed by atoms with van der Waals surface area (Å²) in [5.74, 6) is -0.483. The average Bonchev–Trinajstić information content (AvgIpc) is 2.26. The first kappa shape index (κ1) is 8.58. The summed E-state index contributed by atoms with van der Waals surface area (Å²) in [5, 5.41) is 8.40. The van der Waals surface area contributed by atoms with Crippen molar-refractivity contribution >= 4 is 11.9 Å². The number of nitrogens with zero attached hydrogens (tertiary/aromatic N) is 1. The molecule has 66 valence electrons. The van der Waals surface area contributed by atoms with Crippen LogP contribution >= 0.6 is 0 Å². The molecule has 0 bridgehead atoms. The number of nitrogens with one attached hydrogen (secondary N) is 1. The molecule has 0 aliphatic heterocycles. The molecule has 0 aliphatic rings. The number of aromatic amines is 1. The van der Waals surface area contributed by atoms with Crippen molar-refractivity contribution in [2.45, 2.75) is 19.8 Å². The van der Waals surface area contributed by atoms with Gasteiger partial charge in [0.1, 0.15) is 0 Å². The summed E-state index contributed by atoms with van der Waals surface area (Å²) in [4.78, 5) is 17.0. The maximum atomic E-state index is 10.2. The van der Waals surface area contributed by atoms with Crippen LogP contribution in [0.4, 0.5) is 5.95 Å². The summed E-state index contributed by atoms with van der Waals surface area (Å²) in [5.41, 5.74) is 6.94. The molecule has 5 heteroatoms. The van der Waals surface area contributed by atoms with E-state index in [-0.39, 0.29) is 6.42 Å². The van der Waals surface area contributed by atoms with Crippen molar-refractivity contribution in [2.24, 2.45) is 0 Å². The quantitative estimate of drug-likeness (QED) is 0.607. The number of anilines is 1. The molecule has 0 fully saturated rings. The number of hydrogen-bond donors (Lipinski definition) is 3. The van der Waals surface area contributed by atoms with Gasteiger partial charge in [0.25, 0.3) is 0 Å². The van der Waals surface area contributed by atoms with Crippen molar-refractivity contribution in [3.05, 3.63) is 11.4 Å². The lowest BCUT2D eigenvalue weighted by Gasteiger charge is -1.92. The fourth-order valence-electron chi connectivity index (χ4n) is 0.990. The van der Waals surface area contributed by atoms with E-state index in [1.165, 1.54) is 0 Å². The number of imidazole rings is 1. The van der Waals surface area contributed by atoms with Crippen LogP contribution in [0, 0.1) is 6.92 Å². The Morgan fingerprint density at radius 2 is 2.42 bits per heavy atom. The number of carboxylic acids is 1. The molecule has 0 amide bonds. The largest absolute Gasteiger partial charge is 0.481 e. The van der Waals surface area contributed by atoms with Crippen LogP contribution in [0.3, 0.4) is 0 Å². The van der Waals surface area contributed by atoms with Crippen LogP contribution in [-0.4, -0.2) is 21.0 Å². The van der Waals surface area contributed by atoms with Crippen molar-refractivity contribution < 1.29 is 9.90 Å². The highest BCUT2D eigenvalue weighted by atomic mass is 16.4. The van der Waals surface area contributed by atoms with Crippen molar-refractivity contribution in [2.75, 3.05) is 5.73 Å². The number of carbonyl (C=O) groups is 1. The maximum absolute atomic E-state index is 10.2. The molecule has 0 unspecified atom stereocenters. The number of rotatable bonds is 3. The van der Waals surface area contributed by atoms with Gasteiger partial charge in [-0.3, -0.25) is 4.79 Å². The average molecular weight is 169 g/mol. The fraction of sp³-hybridized carbons (Fsp3) is 0.429. The van der Waals surface area contributed by atoms with Crippen LogP contribution in [0.25, 0.3) is 0 Å². The van der Waals surface area contributed by atoms with Gasteiger partial charge in [-0.2, -0.15) is 0 Å². The van der Waals surface area contributed by atoms with Crippen molar-refractivity contribution in [1.29, 1.82) is 0 Å². The van der Waals surface area contributed by atoms with Crippen molar-refractivity contribution in [3.63, 3.8) is 0 Å². The Morgan fingerprint density at radius 1 is 1.75 bits per heavy atom. The first-order chi connectivity index (χ1) is 5.59. The molecule has 4 N–H and O–H groups in total. The van der Waals surface area contributed by atoms with E-state index in [4.69, 9.17) is 10.8 Å². The van der Waals surface area contributed by atoms with Crippen LogP contribution in [0.1, 0.15) is 17.8 Å². The smallest absolute Gasteiger partial charge is 0.303 e. The second-order valence-corrected chi connectivity index (χ2v) is 2.59. The van der Waals surface area contributed by atoms with E-state index >= 15 is 0 Å². The topological polar surface area (TPSA) is 92.0 Å². The molecule has 0 aromatic carbocycles. The van der Waals surface area contributed by atoms with E-state index < -0.39 is 5.97 Å². The van der Waals surface area contributed by atoms with E-state index in [0.29, 0.717) is 12.4 Å². The van der Waals surface area contributed by atoms with Crippen LogP contribution < -0.4 is 5.73 Å². The number of nitrogen functional groups attached to an aromatic ring is 1. The second-order valence-electron chi connectivity index (χ2n) is 2.59. The monoisotopic (exact) mass is 169 g/mol. The summed E-state index contributed by atoms with van der Waals surface area (Å²) in [6.07, 6.45) is 0.514. The number of carboxylic acid groups (broad SMARTS) is 1. The Kier molecular flexibility index (Phi) is 2.32. The van der Waals surface area contributed by atoms with Gasteiger partial charge in [0, 0.05) is 12.1 Å². The zero-order chi connectivity index (χ0) is 9.14. The molecular weight excluding hydrogens is 158 g/mol. The molecule has 0 atom stereocenters. The molecular formula is C7H11N3O2. The number of hydrogen-bond acceptors (Lipinski definition) is 3. The van der Waals surface area contributed by atoms with Gasteiger partial charge in [-0.05, 0) is 6.92 Å². The molecule has 0 aliphatic carbocycles. The van der Waals surface area contributed by atoms with E-state index in [1.54, 1.807) is 0 Å². The van der Waals surface area contributed by atoms with Gasteiger partial charge in [-0.15, -0.1) is 0 Å². The Labute approximate surface area is 69.6 Å². The summed E-state index contributed by atoms with van der Waals surface area (Å²) in [6, 6.07) is 0. The molecule has 0 saturated carbocycles. The number of aryl methyl sites for hydroxylation is 2. The maximum Gasteiger partial charge on any atom is 0.303 e. The number of nitrogens with two attached hydrogens (primary N) is 1. The molecule has 12 heavy (non-hydrogen) atoms. The normalized spacial score (nSPS) is 10.1. The molecule has 0 radical (unpaired) electrons. The van der Waals surface area contributed by atoms with Crippen LogP contribution in [-0.2, 0) is 11.2 Å². The summed E-state index contributed by atoms with van der Waals surface area (Å²) in [6.45, 7) is 1.82. The number of aromatic nitrogens is 2. The van der Waals surface area contributed by atoms with Crippen molar-refractivity contribution in [3.8, 4) is 0 Å².